The number of guanidine groups is 1. The van der Waals surface area contributed by atoms with Gasteiger partial charge in [0, 0.05) is 52.0 Å². The third-order valence-corrected chi connectivity index (χ3v) is 4.23. The number of pyridine rings is 1. The van der Waals surface area contributed by atoms with Crippen LogP contribution in [0.1, 0.15) is 26.5 Å². The van der Waals surface area contributed by atoms with Gasteiger partial charge in [-0.05, 0) is 32.9 Å². The summed E-state index contributed by atoms with van der Waals surface area (Å²) in [6.07, 6.45) is 4.78. The van der Waals surface area contributed by atoms with E-state index in [0.29, 0.717) is 13.1 Å². The molecular weight excluding hydrogens is 455 g/mol. The second kappa shape index (κ2) is 11.8. The zero-order valence-electron chi connectivity index (χ0n) is 16.7. The zero-order valence-corrected chi connectivity index (χ0v) is 19.0. The van der Waals surface area contributed by atoms with Gasteiger partial charge in [-0.3, -0.25) is 9.79 Å². The lowest BCUT2D eigenvalue weighted by Gasteiger charge is -2.25. The van der Waals surface area contributed by atoms with Crippen molar-refractivity contribution < 1.29 is 4.79 Å². The summed E-state index contributed by atoms with van der Waals surface area (Å²) in [5, 5.41) is 3.26. The molecule has 7 nitrogen and oxygen atoms in total. The number of aliphatic imine (C=N–C) groups is 1. The third-order valence-electron chi connectivity index (χ3n) is 4.23. The fourth-order valence-corrected chi connectivity index (χ4v) is 2.81. The van der Waals surface area contributed by atoms with E-state index in [4.69, 9.17) is 0 Å². The Morgan fingerprint density at radius 3 is 2.63 bits per heavy atom. The monoisotopic (exact) mass is 486 g/mol. The highest BCUT2D eigenvalue weighted by molar-refractivity contribution is 14.0. The number of hydrogen-bond acceptors (Lipinski definition) is 3. The minimum absolute atomic E-state index is 0. The second-order valence-electron chi connectivity index (χ2n) is 6.11. The molecule has 0 aromatic carbocycles. The van der Waals surface area contributed by atoms with Gasteiger partial charge in [0.15, 0.2) is 5.96 Å². The first-order chi connectivity index (χ1) is 12.6. The van der Waals surface area contributed by atoms with Crippen LogP contribution < -0.4 is 5.32 Å². The van der Waals surface area contributed by atoms with E-state index >= 15 is 0 Å². The van der Waals surface area contributed by atoms with Crippen molar-refractivity contribution in [1.29, 1.82) is 0 Å². The number of imidazole rings is 1. The highest BCUT2D eigenvalue weighted by Crippen LogP contribution is 2.05. The molecule has 27 heavy (non-hydrogen) atoms. The SMILES string of the molecule is CCNC(=NCCc1cn2ccccc2n1)N(C)CC(=O)N(CC)CC.I. The Morgan fingerprint density at radius 2 is 2.00 bits per heavy atom. The van der Waals surface area contributed by atoms with E-state index in [9.17, 15) is 4.79 Å². The summed E-state index contributed by atoms with van der Waals surface area (Å²) < 4.78 is 2.01. The molecule has 0 spiro atoms. The maximum atomic E-state index is 12.3. The normalized spacial score (nSPS) is 11.2. The Morgan fingerprint density at radius 1 is 1.26 bits per heavy atom. The van der Waals surface area contributed by atoms with Gasteiger partial charge in [0.05, 0.1) is 12.2 Å². The molecule has 2 heterocycles. The van der Waals surface area contributed by atoms with Gasteiger partial charge in [-0.25, -0.2) is 4.98 Å². The molecule has 2 aromatic heterocycles. The number of carbonyl (C=O) groups is 1. The van der Waals surface area contributed by atoms with Crippen LogP contribution in [0.25, 0.3) is 5.65 Å². The number of aromatic nitrogens is 2. The van der Waals surface area contributed by atoms with Gasteiger partial charge in [-0.15, -0.1) is 24.0 Å². The number of nitrogens with one attached hydrogen (secondary N) is 1. The van der Waals surface area contributed by atoms with Gasteiger partial charge >= 0.3 is 0 Å². The van der Waals surface area contributed by atoms with E-state index in [-0.39, 0.29) is 29.9 Å². The van der Waals surface area contributed by atoms with Crippen LogP contribution in [0.5, 0.6) is 0 Å². The number of halogens is 1. The van der Waals surface area contributed by atoms with Gasteiger partial charge in [-0.2, -0.15) is 0 Å². The maximum absolute atomic E-state index is 12.3. The number of rotatable bonds is 8. The first-order valence-electron chi connectivity index (χ1n) is 9.28. The fraction of sp³-hybridized carbons (Fsp3) is 0.526. The fourth-order valence-electron chi connectivity index (χ4n) is 2.81. The molecule has 0 bridgehead atoms. The molecule has 0 aliphatic heterocycles. The van der Waals surface area contributed by atoms with Crippen LogP contribution in [-0.2, 0) is 11.2 Å². The van der Waals surface area contributed by atoms with Gasteiger partial charge in [0.1, 0.15) is 5.65 Å². The summed E-state index contributed by atoms with van der Waals surface area (Å²) in [6.45, 7) is 9.17. The number of carbonyl (C=O) groups excluding carboxylic acids is 1. The van der Waals surface area contributed by atoms with E-state index in [1.165, 1.54) is 0 Å². The molecule has 0 radical (unpaired) electrons. The number of hydrogen-bond donors (Lipinski definition) is 1. The van der Waals surface area contributed by atoms with Crippen LogP contribution in [0, 0.1) is 0 Å². The summed E-state index contributed by atoms with van der Waals surface area (Å²) >= 11 is 0. The van der Waals surface area contributed by atoms with E-state index in [0.717, 1.165) is 43.4 Å². The molecule has 0 fully saturated rings. The Labute approximate surface area is 178 Å². The average Bonchev–Trinajstić information content (AvgIpc) is 3.04. The molecule has 1 N–H and O–H groups in total. The largest absolute Gasteiger partial charge is 0.357 e. The van der Waals surface area contributed by atoms with Gasteiger partial charge in [-0.1, -0.05) is 6.07 Å². The maximum Gasteiger partial charge on any atom is 0.242 e. The number of nitrogens with zero attached hydrogens (tertiary/aromatic N) is 5. The van der Waals surface area contributed by atoms with E-state index < -0.39 is 0 Å². The minimum Gasteiger partial charge on any atom is -0.357 e. The first kappa shape index (κ1) is 23.2. The molecule has 0 aliphatic carbocycles. The molecule has 0 aliphatic rings. The molecule has 2 aromatic rings. The number of likely N-dealkylation sites (N-methyl/N-ethyl adjacent to an activating group) is 2. The highest BCUT2D eigenvalue weighted by atomic mass is 127. The number of amides is 1. The van der Waals surface area contributed by atoms with Gasteiger partial charge in [0.25, 0.3) is 0 Å². The average molecular weight is 486 g/mol. The quantitative estimate of drug-likeness (QED) is 0.353. The van der Waals surface area contributed by atoms with Crippen molar-refractivity contribution in [2.75, 3.05) is 39.8 Å². The van der Waals surface area contributed by atoms with Crippen molar-refractivity contribution in [3.63, 3.8) is 0 Å². The zero-order chi connectivity index (χ0) is 18.9. The van der Waals surface area contributed by atoms with E-state index in [1.54, 1.807) is 0 Å². The molecule has 0 saturated heterocycles. The summed E-state index contributed by atoms with van der Waals surface area (Å²) in [7, 11) is 1.90. The van der Waals surface area contributed by atoms with Gasteiger partial charge in [0.2, 0.25) is 5.91 Å². The Bertz CT molecular complexity index is 708. The molecule has 0 atom stereocenters. The predicted molar refractivity (Wildman–Crippen MR) is 121 cm³/mol. The molecular formula is C19H31IN6O. The Hall–Kier alpha value is -1.84. The van der Waals surface area contributed by atoms with Crippen LogP contribution in [0.4, 0.5) is 0 Å². The van der Waals surface area contributed by atoms with Crippen molar-refractivity contribution in [1.82, 2.24) is 24.5 Å². The number of fused-ring (bicyclic) bond motifs is 1. The summed E-state index contributed by atoms with van der Waals surface area (Å²) in [5.41, 5.74) is 1.96. The van der Waals surface area contributed by atoms with Crippen LogP contribution in [0.15, 0.2) is 35.6 Å². The second-order valence-corrected chi connectivity index (χ2v) is 6.11. The highest BCUT2D eigenvalue weighted by Gasteiger charge is 2.14. The molecule has 0 saturated carbocycles. The lowest BCUT2D eigenvalue weighted by atomic mass is 10.3. The molecule has 8 heteroatoms. The Kier molecular flexibility index (Phi) is 10.1. The summed E-state index contributed by atoms with van der Waals surface area (Å²) in [4.78, 5) is 25.3. The third kappa shape index (κ3) is 6.67. The Balaban J connectivity index is 0.00000364. The van der Waals surface area contributed by atoms with Crippen molar-refractivity contribution in [2.45, 2.75) is 27.2 Å². The van der Waals surface area contributed by atoms with Crippen molar-refractivity contribution >= 4 is 41.5 Å². The van der Waals surface area contributed by atoms with Crippen molar-refractivity contribution in [3.05, 3.63) is 36.3 Å². The minimum atomic E-state index is 0. The lowest BCUT2D eigenvalue weighted by Crippen LogP contribution is -2.45. The summed E-state index contributed by atoms with van der Waals surface area (Å²) in [5.74, 6) is 0.861. The van der Waals surface area contributed by atoms with Crippen molar-refractivity contribution in [3.8, 4) is 0 Å². The van der Waals surface area contributed by atoms with Gasteiger partial charge < -0.3 is 19.5 Å². The summed E-state index contributed by atoms with van der Waals surface area (Å²) in [6, 6.07) is 5.96. The van der Waals surface area contributed by atoms with Crippen LogP contribution in [0.2, 0.25) is 0 Å². The van der Waals surface area contributed by atoms with Crippen LogP contribution in [-0.4, -0.2) is 70.8 Å². The topological polar surface area (TPSA) is 65.2 Å². The molecule has 150 valence electrons. The standard InChI is InChI=1S/C19H30N6O.HI/c1-5-20-19(23(4)15-18(26)24(6-2)7-3)21-12-11-16-14-25-13-9-8-10-17(25)22-16;/h8-10,13-14H,5-7,11-12,15H2,1-4H3,(H,20,21);1H. The van der Waals surface area contributed by atoms with Crippen molar-refractivity contribution in [2.24, 2.45) is 4.99 Å². The first-order valence-corrected chi connectivity index (χ1v) is 9.28. The predicted octanol–water partition coefficient (Wildman–Crippen LogP) is 2.26. The van der Waals surface area contributed by atoms with Crippen LogP contribution >= 0.6 is 24.0 Å². The molecule has 0 unspecified atom stereocenters. The van der Waals surface area contributed by atoms with E-state index in [1.807, 2.05) is 72.6 Å². The van der Waals surface area contributed by atoms with Crippen LogP contribution in [0.3, 0.4) is 0 Å². The lowest BCUT2D eigenvalue weighted by molar-refractivity contribution is -0.131. The molecule has 2 rings (SSSR count). The smallest absolute Gasteiger partial charge is 0.242 e. The molecule has 1 amide bonds. The van der Waals surface area contributed by atoms with E-state index in [2.05, 4.69) is 15.3 Å².